The highest BCUT2D eigenvalue weighted by Crippen LogP contribution is 2.35. The Morgan fingerprint density at radius 2 is 2.17 bits per heavy atom. The Labute approximate surface area is 85.2 Å². The highest BCUT2D eigenvalue weighted by atomic mass is 35.5. The molecule has 0 fully saturated rings. The van der Waals surface area contributed by atoms with Crippen LogP contribution in [0.15, 0.2) is 0 Å². The zero-order valence-corrected chi connectivity index (χ0v) is 9.38. The summed E-state index contributed by atoms with van der Waals surface area (Å²) in [6.07, 6.45) is 0. The SMILES string of the molecule is CO[P@](O)(=S)NC(=O)C(Cl)Cl.N. The number of nitrogens with one attached hydrogen (secondary N) is 1. The zero-order valence-electron chi connectivity index (χ0n) is 6.16. The zero-order chi connectivity index (χ0) is 9.07. The molecule has 0 bridgehead atoms. The molecule has 5 nitrogen and oxygen atoms in total. The van der Waals surface area contributed by atoms with Crippen molar-refractivity contribution in [3.63, 3.8) is 0 Å². The van der Waals surface area contributed by atoms with Crippen LogP contribution in [0.25, 0.3) is 0 Å². The molecule has 0 aromatic carbocycles. The van der Waals surface area contributed by atoms with Crippen molar-refractivity contribution in [3.05, 3.63) is 0 Å². The average Bonchev–Trinajstić information content (AvgIpc) is 1.87. The molecule has 1 atom stereocenters. The maximum atomic E-state index is 10.7. The average molecular weight is 255 g/mol. The number of amides is 1. The van der Waals surface area contributed by atoms with E-state index in [1.165, 1.54) is 7.11 Å². The predicted molar refractivity (Wildman–Crippen MR) is 52.2 cm³/mol. The summed E-state index contributed by atoms with van der Waals surface area (Å²) in [5, 5.41) is 1.96. The van der Waals surface area contributed by atoms with Crippen LogP contribution >= 0.6 is 29.8 Å². The van der Waals surface area contributed by atoms with E-state index in [2.05, 4.69) is 16.3 Å². The second-order valence-electron chi connectivity index (χ2n) is 1.48. The highest BCUT2D eigenvalue weighted by molar-refractivity contribution is 8.08. The van der Waals surface area contributed by atoms with Gasteiger partial charge in [-0.1, -0.05) is 23.2 Å². The summed E-state index contributed by atoms with van der Waals surface area (Å²) in [6, 6.07) is 0. The number of carbonyl (C=O) groups is 1. The normalized spacial score (nSPS) is 14.8. The fourth-order valence-corrected chi connectivity index (χ4v) is 1.26. The second-order valence-corrected chi connectivity index (χ2v) is 5.69. The van der Waals surface area contributed by atoms with Crippen LogP contribution in [0.1, 0.15) is 0 Å². The Bertz CT molecular complexity index is 202. The van der Waals surface area contributed by atoms with Crippen molar-refractivity contribution < 1.29 is 14.2 Å². The molecule has 74 valence electrons. The third-order valence-corrected chi connectivity index (χ3v) is 2.81. The lowest BCUT2D eigenvalue weighted by Gasteiger charge is -2.13. The Balaban J connectivity index is 0. The first kappa shape index (κ1) is 15.1. The minimum absolute atomic E-state index is 0. The molecule has 0 aliphatic rings. The summed E-state index contributed by atoms with van der Waals surface area (Å²) >= 11 is 14.7. The fourth-order valence-electron chi connectivity index (χ4n) is 0.234. The van der Waals surface area contributed by atoms with E-state index in [9.17, 15) is 4.79 Å². The summed E-state index contributed by atoms with van der Waals surface area (Å²) in [6.45, 7) is -3.22. The molecule has 0 saturated heterocycles. The van der Waals surface area contributed by atoms with Crippen molar-refractivity contribution in [2.24, 2.45) is 0 Å². The van der Waals surface area contributed by atoms with Crippen molar-refractivity contribution in [1.29, 1.82) is 0 Å². The number of hydrogen-bond acceptors (Lipinski definition) is 4. The van der Waals surface area contributed by atoms with E-state index >= 15 is 0 Å². The van der Waals surface area contributed by atoms with Gasteiger partial charge in [0.25, 0.3) is 12.5 Å². The lowest BCUT2D eigenvalue weighted by Crippen LogP contribution is -2.25. The van der Waals surface area contributed by atoms with Crippen LogP contribution in [0.3, 0.4) is 0 Å². The van der Waals surface area contributed by atoms with Gasteiger partial charge in [-0.25, -0.2) is 0 Å². The third-order valence-electron chi connectivity index (χ3n) is 0.697. The van der Waals surface area contributed by atoms with Gasteiger partial charge in [0.2, 0.25) is 0 Å². The topological polar surface area (TPSA) is 93.6 Å². The quantitative estimate of drug-likeness (QED) is 0.515. The van der Waals surface area contributed by atoms with E-state index in [0.29, 0.717) is 0 Å². The summed E-state index contributed by atoms with van der Waals surface area (Å²) in [7, 11) is 1.18. The molecule has 0 heterocycles. The maximum absolute atomic E-state index is 10.7. The van der Waals surface area contributed by atoms with Gasteiger partial charge in [-0.2, -0.15) is 0 Å². The van der Waals surface area contributed by atoms with Gasteiger partial charge in [-0.15, -0.1) is 0 Å². The van der Waals surface area contributed by atoms with Gasteiger partial charge in [-0.05, 0) is 11.8 Å². The van der Waals surface area contributed by atoms with Gasteiger partial charge in [0.05, 0.1) is 0 Å². The van der Waals surface area contributed by atoms with Crippen molar-refractivity contribution in [1.82, 2.24) is 11.2 Å². The Morgan fingerprint density at radius 1 is 1.75 bits per heavy atom. The molecule has 0 unspecified atom stereocenters. The molecule has 0 aliphatic carbocycles. The molecule has 9 heteroatoms. The fraction of sp³-hybridized carbons (Fsp3) is 0.667. The van der Waals surface area contributed by atoms with Crippen molar-refractivity contribution in [3.8, 4) is 0 Å². The van der Waals surface area contributed by atoms with E-state index in [4.69, 9.17) is 28.1 Å². The molecule has 0 radical (unpaired) electrons. The van der Waals surface area contributed by atoms with Gasteiger partial charge in [0.1, 0.15) is 0 Å². The van der Waals surface area contributed by atoms with E-state index in [-0.39, 0.29) is 6.15 Å². The lowest BCUT2D eigenvalue weighted by atomic mass is 10.8. The number of halogens is 2. The van der Waals surface area contributed by atoms with Gasteiger partial charge in [0.15, 0.2) is 4.84 Å². The first-order valence-electron chi connectivity index (χ1n) is 2.38. The maximum Gasteiger partial charge on any atom is 0.286 e. The molecule has 5 N–H and O–H groups in total. The molecule has 12 heavy (non-hydrogen) atoms. The lowest BCUT2D eigenvalue weighted by molar-refractivity contribution is -0.117. The molecule has 0 saturated carbocycles. The van der Waals surface area contributed by atoms with Crippen molar-refractivity contribution in [2.75, 3.05) is 7.11 Å². The number of rotatable bonds is 3. The number of alkyl halides is 2. The smallest absolute Gasteiger partial charge is 0.286 e. The first-order valence-corrected chi connectivity index (χ1v) is 5.92. The van der Waals surface area contributed by atoms with Crippen molar-refractivity contribution >= 4 is 47.6 Å². The van der Waals surface area contributed by atoms with Crippen LogP contribution in [0.5, 0.6) is 0 Å². The van der Waals surface area contributed by atoms with E-state index in [0.717, 1.165) is 0 Å². The minimum Gasteiger partial charge on any atom is -0.344 e. The standard InChI is InChI=1S/C3H6Cl2NO3PS.H3N/c1-9-10(8,11)6-3(7)2(4)5;/h2H,1H3,(H2,6,7,8,11);1H3/t10-;/m0./s1. The molecular formula is C3H9Cl2N2O3PS. The Hall–Kier alpha value is 0.580. The van der Waals surface area contributed by atoms with Gasteiger partial charge in [-0.3, -0.25) is 9.88 Å². The molecule has 0 rings (SSSR count). The largest absolute Gasteiger partial charge is 0.344 e. The minimum atomic E-state index is -3.22. The summed E-state index contributed by atoms with van der Waals surface area (Å²) in [4.78, 5) is 18.4. The molecular weight excluding hydrogens is 246 g/mol. The van der Waals surface area contributed by atoms with E-state index in [1.807, 2.05) is 5.09 Å². The first-order chi connectivity index (χ1) is 4.89. The monoisotopic (exact) mass is 254 g/mol. The van der Waals surface area contributed by atoms with Crippen LogP contribution in [0.2, 0.25) is 0 Å². The molecule has 0 aromatic rings. The van der Waals surface area contributed by atoms with Gasteiger partial charge in [0, 0.05) is 7.11 Å². The second kappa shape index (κ2) is 6.10. The van der Waals surface area contributed by atoms with E-state index in [1.54, 1.807) is 0 Å². The molecule has 1 amide bonds. The number of hydrogen-bond donors (Lipinski definition) is 3. The molecule has 0 aromatic heterocycles. The van der Waals surface area contributed by atoms with E-state index < -0.39 is 17.4 Å². The highest BCUT2D eigenvalue weighted by Gasteiger charge is 2.19. The molecule has 0 aliphatic heterocycles. The third kappa shape index (κ3) is 6.14. The van der Waals surface area contributed by atoms with Gasteiger partial charge >= 0.3 is 0 Å². The van der Waals surface area contributed by atoms with Crippen LogP contribution in [-0.2, 0) is 21.1 Å². The summed E-state index contributed by atoms with van der Waals surface area (Å²) in [5.74, 6) is -0.763. The van der Waals surface area contributed by atoms with Crippen LogP contribution in [0, 0.1) is 0 Å². The van der Waals surface area contributed by atoms with Crippen LogP contribution < -0.4 is 11.2 Å². The molecule has 0 spiro atoms. The predicted octanol–water partition coefficient (Wildman–Crippen LogP) is 0.931. The Kier molecular flexibility index (Phi) is 7.66. The van der Waals surface area contributed by atoms with Crippen molar-refractivity contribution in [2.45, 2.75) is 4.84 Å². The van der Waals surface area contributed by atoms with Crippen LogP contribution in [-0.4, -0.2) is 22.7 Å². The van der Waals surface area contributed by atoms with Gasteiger partial charge < -0.3 is 15.6 Å². The van der Waals surface area contributed by atoms with Crippen LogP contribution in [0.4, 0.5) is 0 Å². The Morgan fingerprint density at radius 3 is 2.42 bits per heavy atom. The summed E-state index contributed by atoms with van der Waals surface area (Å²) in [5.41, 5.74) is 0. The summed E-state index contributed by atoms with van der Waals surface area (Å²) < 4.78 is 4.39. The number of carbonyl (C=O) groups excluding carboxylic acids is 1.